The Kier molecular flexibility index (Phi) is 6.72. The molecule has 0 saturated heterocycles. The van der Waals surface area contributed by atoms with Crippen molar-refractivity contribution < 1.29 is 9.59 Å². The molecule has 0 aliphatic heterocycles. The monoisotopic (exact) mass is 266 g/mol. The molecule has 1 rings (SSSR count). The van der Waals surface area contributed by atoms with Crippen molar-refractivity contribution in [1.29, 1.82) is 5.26 Å². The lowest BCUT2D eigenvalue weighted by molar-refractivity contribution is -0.128. The summed E-state index contributed by atoms with van der Waals surface area (Å²) in [7, 11) is 1.63. The molecule has 6 heteroatoms. The Morgan fingerprint density at radius 2 is 2.00 bits per heavy atom. The fourth-order valence-electron chi connectivity index (χ4n) is 2.12. The Morgan fingerprint density at radius 1 is 1.32 bits per heavy atom. The molecule has 106 valence electrons. The minimum Gasteiger partial charge on any atom is -0.343 e. The molecule has 1 aliphatic carbocycles. The largest absolute Gasteiger partial charge is 0.343 e. The van der Waals surface area contributed by atoms with E-state index < -0.39 is 0 Å². The van der Waals surface area contributed by atoms with Crippen LogP contribution < -0.4 is 10.6 Å². The average Bonchev–Trinajstić information content (AvgIpc) is 2.43. The summed E-state index contributed by atoms with van der Waals surface area (Å²) in [5.74, 6) is -0.186. The van der Waals surface area contributed by atoms with E-state index in [-0.39, 0.29) is 24.5 Å². The summed E-state index contributed by atoms with van der Waals surface area (Å²) in [4.78, 5) is 24.7. The summed E-state index contributed by atoms with van der Waals surface area (Å²) in [5.41, 5.74) is 0. The quantitative estimate of drug-likeness (QED) is 0.778. The van der Waals surface area contributed by atoms with Gasteiger partial charge in [0.2, 0.25) is 5.91 Å². The summed E-state index contributed by atoms with van der Waals surface area (Å²) in [6.45, 7) is 0.363. The minimum atomic E-state index is -0.283. The average molecular weight is 266 g/mol. The molecule has 1 aliphatic rings. The van der Waals surface area contributed by atoms with Gasteiger partial charge >= 0.3 is 6.03 Å². The first-order valence-corrected chi connectivity index (χ1v) is 6.78. The number of nitrogens with zero attached hydrogens (tertiary/aromatic N) is 2. The van der Waals surface area contributed by atoms with E-state index in [2.05, 4.69) is 10.6 Å². The normalized spacial score (nSPS) is 15.4. The molecule has 0 unspecified atom stereocenters. The Morgan fingerprint density at radius 3 is 2.63 bits per heavy atom. The maximum absolute atomic E-state index is 11.6. The maximum Gasteiger partial charge on any atom is 0.315 e. The first-order chi connectivity index (χ1) is 9.13. The van der Waals surface area contributed by atoms with Gasteiger partial charge in [0.15, 0.2) is 0 Å². The van der Waals surface area contributed by atoms with E-state index in [0.29, 0.717) is 13.0 Å². The van der Waals surface area contributed by atoms with Gasteiger partial charge in [-0.05, 0) is 12.8 Å². The van der Waals surface area contributed by atoms with Gasteiger partial charge in [-0.2, -0.15) is 5.26 Å². The highest BCUT2D eigenvalue weighted by atomic mass is 16.2. The van der Waals surface area contributed by atoms with Crippen molar-refractivity contribution in [2.75, 3.05) is 20.1 Å². The Bertz CT molecular complexity index is 345. The number of nitriles is 1. The number of likely N-dealkylation sites (N-methyl/N-ethyl adjacent to an activating group) is 1. The molecule has 0 bridgehead atoms. The van der Waals surface area contributed by atoms with E-state index >= 15 is 0 Å². The molecule has 0 aromatic heterocycles. The number of urea groups is 1. The minimum absolute atomic E-state index is 0.0273. The van der Waals surface area contributed by atoms with Gasteiger partial charge < -0.3 is 15.5 Å². The summed E-state index contributed by atoms with van der Waals surface area (Å²) in [5, 5.41) is 13.9. The van der Waals surface area contributed by atoms with Gasteiger partial charge in [0.05, 0.1) is 19.0 Å². The van der Waals surface area contributed by atoms with Gasteiger partial charge in [-0.25, -0.2) is 4.79 Å². The van der Waals surface area contributed by atoms with Crippen LogP contribution in [0.2, 0.25) is 0 Å². The SMILES string of the molecule is CN(CCC#N)C(=O)CNC(=O)NC1CCCCC1. The van der Waals surface area contributed by atoms with Crippen LogP contribution in [-0.2, 0) is 4.79 Å². The highest BCUT2D eigenvalue weighted by Gasteiger charge is 2.16. The van der Waals surface area contributed by atoms with Crippen LogP contribution in [0.25, 0.3) is 0 Å². The highest BCUT2D eigenvalue weighted by Crippen LogP contribution is 2.16. The predicted molar refractivity (Wildman–Crippen MR) is 71.3 cm³/mol. The van der Waals surface area contributed by atoms with Gasteiger partial charge in [0.1, 0.15) is 0 Å². The number of carbonyl (C=O) groups is 2. The third kappa shape index (κ3) is 6.09. The van der Waals surface area contributed by atoms with E-state index in [9.17, 15) is 9.59 Å². The lowest BCUT2D eigenvalue weighted by atomic mass is 9.96. The van der Waals surface area contributed by atoms with Crippen LogP contribution in [0.1, 0.15) is 38.5 Å². The Balaban J connectivity index is 2.18. The van der Waals surface area contributed by atoms with Crippen molar-refractivity contribution in [1.82, 2.24) is 15.5 Å². The zero-order valence-corrected chi connectivity index (χ0v) is 11.4. The molecule has 19 heavy (non-hydrogen) atoms. The summed E-state index contributed by atoms with van der Waals surface area (Å²) < 4.78 is 0. The molecular weight excluding hydrogens is 244 g/mol. The van der Waals surface area contributed by atoms with Gasteiger partial charge in [-0.15, -0.1) is 0 Å². The molecule has 3 amide bonds. The van der Waals surface area contributed by atoms with Crippen LogP contribution in [-0.4, -0.2) is 43.0 Å². The van der Waals surface area contributed by atoms with Gasteiger partial charge in [0, 0.05) is 19.6 Å². The van der Waals surface area contributed by atoms with Crippen LogP contribution >= 0.6 is 0 Å². The molecule has 0 heterocycles. The third-order valence-corrected chi connectivity index (χ3v) is 3.33. The second-order valence-corrected chi connectivity index (χ2v) is 4.89. The molecule has 1 saturated carbocycles. The molecule has 2 N–H and O–H groups in total. The second-order valence-electron chi connectivity index (χ2n) is 4.89. The molecule has 0 spiro atoms. The number of hydrogen-bond donors (Lipinski definition) is 2. The first kappa shape index (κ1) is 15.3. The molecule has 0 aromatic rings. The topological polar surface area (TPSA) is 85.2 Å². The van der Waals surface area contributed by atoms with Crippen molar-refractivity contribution in [3.05, 3.63) is 0 Å². The zero-order chi connectivity index (χ0) is 14.1. The van der Waals surface area contributed by atoms with Crippen molar-refractivity contribution >= 4 is 11.9 Å². The van der Waals surface area contributed by atoms with Crippen molar-refractivity contribution in [3.8, 4) is 6.07 Å². The molecule has 6 nitrogen and oxygen atoms in total. The van der Waals surface area contributed by atoms with E-state index in [1.807, 2.05) is 6.07 Å². The second kappa shape index (κ2) is 8.35. The molecule has 0 aromatic carbocycles. The Hall–Kier alpha value is -1.77. The lowest BCUT2D eigenvalue weighted by Gasteiger charge is -2.23. The van der Waals surface area contributed by atoms with Crippen LogP contribution in [0.5, 0.6) is 0 Å². The van der Waals surface area contributed by atoms with Crippen molar-refractivity contribution in [2.24, 2.45) is 0 Å². The fourth-order valence-corrected chi connectivity index (χ4v) is 2.12. The number of carbonyl (C=O) groups excluding carboxylic acids is 2. The predicted octanol–water partition coefficient (Wildman–Crippen LogP) is 0.990. The zero-order valence-electron chi connectivity index (χ0n) is 11.4. The van der Waals surface area contributed by atoms with E-state index in [4.69, 9.17) is 5.26 Å². The summed E-state index contributed by atoms with van der Waals surface area (Å²) in [6.07, 6.45) is 5.88. The maximum atomic E-state index is 11.6. The number of hydrogen-bond acceptors (Lipinski definition) is 3. The van der Waals surface area contributed by atoms with E-state index in [1.165, 1.54) is 11.3 Å². The van der Waals surface area contributed by atoms with E-state index in [1.54, 1.807) is 7.05 Å². The number of amides is 3. The van der Waals surface area contributed by atoms with Crippen molar-refractivity contribution in [3.63, 3.8) is 0 Å². The van der Waals surface area contributed by atoms with Crippen LogP contribution in [0.15, 0.2) is 0 Å². The van der Waals surface area contributed by atoms with Crippen LogP contribution in [0, 0.1) is 11.3 Å². The fraction of sp³-hybridized carbons (Fsp3) is 0.769. The van der Waals surface area contributed by atoms with Crippen molar-refractivity contribution in [2.45, 2.75) is 44.6 Å². The Labute approximate surface area is 114 Å². The molecule has 1 fully saturated rings. The number of nitrogens with one attached hydrogen (secondary N) is 2. The highest BCUT2D eigenvalue weighted by molar-refractivity contribution is 5.83. The summed E-state index contributed by atoms with van der Waals surface area (Å²) in [6, 6.07) is 1.93. The van der Waals surface area contributed by atoms with E-state index in [0.717, 1.165) is 25.7 Å². The smallest absolute Gasteiger partial charge is 0.315 e. The van der Waals surface area contributed by atoms with Gasteiger partial charge in [0.25, 0.3) is 0 Å². The van der Waals surface area contributed by atoms with Gasteiger partial charge in [-0.3, -0.25) is 4.79 Å². The standard InChI is InChI=1S/C13H22N4O2/c1-17(9-5-8-14)12(18)10-15-13(19)16-11-6-3-2-4-7-11/h11H,2-7,9-10H2,1H3,(H2,15,16,19). The number of rotatable bonds is 5. The first-order valence-electron chi connectivity index (χ1n) is 6.78. The molecule has 0 radical (unpaired) electrons. The molecular formula is C13H22N4O2. The van der Waals surface area contributed by atoms with Crippen LogP contribution in [0.3, 0.4) is 0 Å². The molecule has 0 atom stereocenters. The van der Waals surface area contributed by atoms with Crippen LogP contribution in [0.4, 0.5) is 4.79 Å². The van der Waals surface area contributed by atoms with Gasteiger partial charge in [-0.1, -0.05) is 19.3 Å². The lowest BCUT2D eigenvalue weighted by Crippen LogP contribution is -2.46. The third-order valence-electron chi connectivity index (χ3n) is 3.33. The summed E-state index contributed by atoms with van der Waals surface area (Å²) >= 11 is 0.